The SMILES string of the molecule is COC(=O)/C(=C/CO)c1cc(/C=C/c2ccc(Cl)cc2)ccc1C. The average Bonchev–Trinajstić information content (AvgIpc) is 2.60. The van der Waals surface area contributed by atoms with E-state index in [-0.39, 0.29) is 6.61 Å². The maximum Gasteiger partial charge on any atom is 0.338 e. The summed E-state index contributed by atoms with van der Waals surface area (Å²) in [5, 5.41) is 9.86. The highest BCUT2D eigenvalue weighted by molar-refractivity contribution is 6.30. The molecule has 0 bridgehead atoms. The number of carbonyl (C=O) groups is 1. The van der Waals surface area contributed by atoms with Gasteiger partial charge in [0.1, 0.15) is 0 Å². The fourth-order valence-corrected chi connectivity index (χ4v) is 2.43. The second-order valence-corrected chi connectivity index (χ2v) is 5.69. The third kappa shape index (κ3) is 4.57. The quantitative estimate of drug-likeness (QED) is 0.498. The number of esters is 1. The number of benzene rings is 2. The zero-order chi connectivity index (χ0) is 17.5. The van der Waals surface area contributed by atoms with Gasteiger partial charge < -0.3 is 9.84 Å². The predicted octanol–water partition coefficient (Wildman–Crippen LogP) is 4.37. The number of aryl methyl sites for hydroxylation is 1. The van der Waals surface area contributed by atoms with Crippen LogP contribution >= 0.6 is 11.6 Å². The maximum absolute atomic E-state index is 11.9. The summed E-state index contributed by atoms with van der Waals surface area (Å²) < 4.78 is 4.81. The van der Waals surface area contributed by atoms with Crippen LogP contribution in [0.4, 0.5) is 0 Å². The van der Waals surface area contributed by atoms with Gasteiger partial charge >= 0.3 is 5.97 Å². The highest BCUT2D eigenvalue weighted by Crippen LogP contribution is 2.23. The van der Waals surface area contributed by atoms with E-state index in [1.807, 2.05) is 61.5 Å². The molecule has 24 heavy (non-hydrogen) atoms. The maximum atomic E-state index is 11.9. The van der Waals surface area contributed by atoms with Crippen molar-refractivity contribution in [1.29, 1.82) is 0 Å². The summed E-state index contributed by atoms with van der Waals surface area (Å²) in [5.74, 6) is -0.467. The summed E-state index contributed by atoms with van der Waals surface area (Å²) in [7, 11) is 1.33. The molecule has 3 nitrogen and oxygen atoms in total. The largest absolute Gasteiger partial charge is 0.465 e. The molecule has 0 heterocycles. The molecule has 4 heteroatoms. The van der Waals surface area contributed by atoms with Crippen molar-refractivity contribution in [3.8, 4) is 0 Å². The van der Waals surface area contributed by atoms with Crippen LogP contribution in [0.1, 0.15) is 22.3 Å². The number of carbonyl (C=O) groups excluding carboxylic acids is 1. The van der Waals surface area contributed by atoms with Gasteiger partial charge in [0, 0.05) is 5.02 Å². The van der Waals surface area contributed by atoms with Crippen molar-refractivity contribution in [3.05, 3.63) is 75.8 Å². The van der Waals surface area contributed by atoms with Gasteiger partial charge in [-0.05, 0) is 53.5 Å². The molecule has 0 aliphatic rings. The summed E-state index contributed by atoms with van der Waals surface area (Å²) >= 11 is 5.88. The van der Waals surface area contributed by atoms with Crippen molar-refractivity contribution in [2.24, 2.45) is 0 Å². The van der Waals surface area contributed by atoms with Gasteiger partial charge in [0.05, 0.1) is 19.3 Å². The van der Waals surface area contributed by atoms with Gasteiger partial charge in [-0.1, -0.05) is 48.0 Å². The molecule has 0 saturated carbocycles. The first-order valence-corrected chi connectivity index (χ1v) is 7.87. The molecule has 0 radical (unpaired) electrons. The molecule has 0 unspecified atom stereocenters. The normalized spacial score (nSPS) is 11.8. The third-order valence-corrected chi connectivity index (χ3v) is 3.84. The van der Waals surface area contributed by atoms with Crippen molar-refractivity contribution >= 4 is 35.3 Å². The molecule has 0 spiro atoms. The summed E-state index contributed by atoms with van der Waals surface area (Å²) in [6.07, 6.45) is 5.39. The van der Waals surface area contributed by atoms with E-state index in [1.54, 1.807) is 0 Å². The zero-order valence-electron chi connectivity index (χ0n) is 13.6. The Bertz CT molecular complexity index is 774. The van der Waals surface area contributed by atoms with Gasteiger partial charge in [-0.3, -0.25) is 0 Å². The molecular formula is C20H19ClO3. The second-order valence-electron chi connectivity index (χ2n) is 5.25. The van der Waals surface area contributed by atoms with E-state index in [9.17, 15) is 4.79 Å². The van der Waals surface area contributed by atoms with E-state index in [0.717, 1.165) is 22.3 Å². The minimum atomic E-state index is -0.467. The highest BCUT2D eigenvalue weighted by Gasteiger charge is 2.14. The van der Waals surface area contributed by atoms with Crippen LogP contribution in [-0.2, 0) is 9.53 Å². The Balaban J connectivity index is 2.35. The third-order valence-electron chi connectivity index (χ3n) is 3.59. The molecule has 2 rings (SSSR count). The van der Waals surface area contributed by atoms with Crippen LogP contribution in [0.25, 0.3) is 17.7 Å². The fraction of sp³-hybridized carbons (Fsp3) is 0.150. The lowest BCUT2D eigenvalue weighted by molar-refractivity contribution is -0.133. The molecule has 1 N–H and O–H groups in total. The molecule has 0 saturated heterocycles. The number of methoxy groups -OCH3 is 1. The van der Waals surface area contributed by atoms with Crippen molar-refractivity contribution in [3.63, 3.8) is 0 Å². The molecule has 0 fully saturated rings. The van der Waals surface area contributed by atoms with Crippen LogP contribution in [0.3, 0.4) is 0 Å². The molecule has 0 aromatic heterocycles. The van der Waals surface area contributed by atoms with Gasteiger partial charge in [0.15, 0.2) is 0 Å². The number of rotatable bonds is 5. The molecule has 0 atom stereocenters. The number of aliphatic hydroxyl groups is 1. The number of hydrogen-bond donors (Lipinski definition) is 1. The molecule has 0 aliphatic carbocycles. The van der Waals surface area contributed by atoms with Gasteiger partial charge in [0.25, 0.3) is 0 Å². The highest BCUT2D eigenvalue weighted by atomic mass is 35.5. The average molecular weight is 343 g/mol. The molecule has 2 aromatic carbocycles. The molecule has 2 aromatic rings. The van der Waals surface area contributed by atoms with Gasteiger partial charge in [-0.15, -0.1) is 0 Å². The predicted molar refractivity (Wildman–Crippen MR) is 98.6 cm³/mol. The monoisotopic (exact) mass is 342 g/mol. The summed E-state index contributed by atoms with van der Waals surface area (Å²) in [6.45, 7) is 1.69. The number of halogens is 1. The number of aliphatic hydroxyl groups excluding tert-OH is 1. The van der Waals surface area contributed by atoms with Crippen LogP contribution < -0.4 is 0 Å². The first-order chi connectivity index (χ1) is 11.5. The van der Waals surface area contributed by atoms with Crippen molar-refractivity contribution in [1.82, 2.24) is 0 Å². The number of ether oxygens (including phenoxy) is 1. The van der Waals surface area contributed by atoms with Crippen molar-refractivity contribution in [2.45, 2.75) is 6.92 Å². The van der Waals surface area contributed by atoms with E-state index >= 15 is 0 Å². The van der Waals surface area contributed by atoms with E-state index < -0.39 is 5.97 Å². The Labute approximate surface area is 146 Å². The summed E-state index contributed by atoms with van der Waals surface area (Å²) in [5.41, 5.74) is 4.01. The van der Waals surface area contributed by atoms with Crippen molar-refractivity contribution in [2.75, 3.05) is 13.7 Å². The molecular weight excluding hydrogens is 324 g/mol. The lowest BCUT2D eigenvalue weighted by Crippen LogP contribution is -2.06. The van der Waals surface area contributed by atoms with Crippen LogP contribution in [0.2, 0.25) is 5.02 Å². The van der Waals surface area contributed by atoms with E-state index in [4.69, 9.17) is 21.4 Å². The molecule has 0 amide bonds. The Morgan fingerprint density at radius 2 is 1.75 bits per heavy atom. The Hall–Kier alpha value is -2.36. The lowest BCUT2D eigenvalue weighted by Gasteiger charge is -2.10. The van der Waals surface area contributed by atoms with Crippen molar-refractivity contribution < 1.29 is 14.6 Å². The Morgan fingerprint density at radius 1 is 1.12 bits per heavy atom. The smallest absolute Gasteiger partial charge is 0.338 e. The first-order valence-electron chi connectivity index (χ1n) is 7.49. The van der Waals surface area contributed by atoms with Crippen LogP contribution in [0.15, 0.2) is 48.5 Å². The number of hydrogen-bond acceptors (Lipinski definition) is 3. The van der Waals surface area contributed by atoms with Crippen LogP contribution in [0.5, 0.6) is 0 Å². The standard InChI is InChI=1S/C20H19ClO3/c1-14-3-4-16(6-5-15-7-9-17(21)10-8-15)13-19(14)18(11-12-22)20(23)24-2/h3-11,13,22H,12H2,1-2H3/b6-5+,18-11+. The fourth-order valence-electron chi connectivity index (χ4n) is 2.30. The summed E-state index contributed by atoms with van der Waals surface area (Å²) in [6, 6.07) is 13.3. The molecule has 124 valence electrons. The Morgan fingerprint density at radius 3 is 2.38 bits per heavy atom. The van der Waals surface area contributed by atoms with Crippen LogP contribution in [0, 0.1) is 6.92 Å². The second kappa shape index (κ2) is 8.48. The van der Waals surface area contributed by atoms with E-state index in [1.165, 1.54) is 13.2 Å². The molecule has 0 aliphatic heterocycles. The minimum Gasteiger partial charge on any atom is -0.465 e. The zero-order valence-corrected chi connectivity index (χ0v) is 14.4. The summed E-state index contributed by atoms with van der Waals surface area (Å²) in [4.78, 5) is 11.9. The first kappa shape index (κ1) is 18.0. The van der Waals surface area contributed by atoms with Crippen LogP contribution in [-0.4, -0.2) is 24.8 Å². The topological polar surface area (TPSA) is 46.5 Å². The van der Waals surface area contributed by atoms with E-state index in [2.05, 4.69) is 0 Å². The van der Waals surface area contributed by atoms with E-state index in [0.29, 0.717) is 10.6 Å². The van der Waals surface area contributed by atoms with Gasteiger partial charge in [0.2, 0.25) is 0 Å². The Kier molecular flexibility index (Phi) is 6.36. The lowest BCUT2D eigenvalue weighted by atomic mass is 9.97. The minimum absolute atomic E-state index is 0.227. The van der Waals surface area contributed by atoms with Gasteiger partial charge in [-0.25, -0.2) is 4.79 Å². The van der Waals surface area contributed by atoms with Gasteiger partial charge in [-0.2, -0.15) is 0 Å².